The molecule has 3 rings (SSSR count). The molecule has 0 radical (unpaired) electrons. The van der Waals surface area contributed by atoms with Crippen LogP contribution in [0.3, 0.4) is 0 Å². The van der Waals surface area contributed by atoms with E-state index < -0.39 is 6.09 Å². The lowest BCUT2D eigenvalue weighted by molar-refractivity contribution is 0.201. The fourth-order valence-corrected chi connectivity index (χ4v) is 5.08. The van der Waals surface area contributed by atoms with Crippen molar-refractivity contribution < 1.29 is 9.90 Å². The molecule has 0 aliphatic heterocycles. The lowest BCUT2D eigenvalue weighted by atomic mass is 10.4. The summed E-state index contributed by atoms with van der Waals surface area (Å²) in [7, 11) is 0. The monoisotopic (exact) mass is 374 g/mol. The van der Waals surface area contributed by atoms with E-state index in [1.54, 1.807) is 11.3 Å². The van der Waals surface area contributed by atoms with Gasteiger partial charge < -0.3 is 5.11 Å². The molecule has 0 atom stereocenters. The van der Waals surface area contributed by atoms with E-state index in [1.165, 1.54) is 27.8 Å². The summed E-state index contributed by atoms with van der Waals surface area (Å²) in [6, 6.07) is 3.85. The van der Waals surface area contributed by atoms with Gasteiger partial charge in [0.05, 0.1) is 15.7 Å². The summed E-state index contributed by atoms with van der Waals surface area (Å²) >= 11 is 7.69. The number of amides is 1. The summed E-state index contributed by atoms with van der Waals surface area (Å²) in [5.74, 6) is 0. The molecule has 8 heteroatoms. The van der Waals surface area contributed by atoms with Gasteiger partial charge in [0, 0.05) is 10.3 Å². The molecule has 0 aliphatic carbocycles. The van der Waals surface area contributed by atoms with Gasteiger partial charge in [0.25, 0.3) is 0 Å². The van der Waals surface area contributed by atoms with Crippen LogP contribution in [0.1, 0.15) is 4.88 Å². The maximum absolute atomic E-state index is 11.5. The number of aromatic nitrogens is 1. The largest absolute Gasteiger partial charge is 0.465 e. The van der Waals surface area contributed by atoms with E-state index in [4.69, 9.17) is 0 Å². The molecule has 0 aliphatic rings. The highest BCUT2D eigenvalue weighted by atomic mass is 79.9. The Balaban J connectivity index is 2.02. The number of anilines is 1. The van der Waals surface area contributed by atoms with Gasteiger partial charge in [0.15, 0.2) is 0 Å². The van der Waals surface area contributed by atoms with E-state index in [-0.39, 0.29) is 0 Å². The Hall–Kier alpha value is -0.960. The average molecular weight is 375 g/mol. The minimum Gasteiger partial charge on any atom is -0.465 e. The van der Waals surface area contributed by atoms with Gasteiger partial charge in [-0.25, -0.2) is 4.79 Å². The molecule has 0 spiro atoms. The summed E-state index contributed by atoms with van der Waals surface area (Å²) < 4.78 is 6.14. The summed E-state index contributed by atoms with van der Waals surface area (Å²) in [6.45, 7) is 0.361. The number of hydrogen-bond acceptors (Lipinski definition) is 5. The molecule has 0 aromatic carbocycles. The number of nitrogens with zero attached hydrogens (tertiary/aromatic N) is 2. The third-order valence-electron chi connectivity index (χ3n) is 2.51. The van der Waals surface area contributed by atoms with Crippen molar-refractivity contribution in [3.8, 4) is 0 Å². The highest BCUT2D eigenvalue weighted by Crippen LogP contribution is 2.40. The molecule has 0 unspecified atom stereocenters. The number of thiophene rings is 2. The fraction of sp³-hybridized carbons (Fsp3) is 0.0909. The summed E-state index contributed by atoms with van der Waals surface area (Å²) in [6.07, 6.45) is -0.955. The Bertz CT molecular complexity index is 720. The third-order valence-corrected chi connectivity index (χ3v) is 6.25. The Labute approximate surface area is 129 Å². The lowest BCUT2D eigenvalue weighted by Gasteiger charge is -2.15. The molecule has 98 valence electrons. The molecule has 0 saturated heterocycles. The van der Waals surface area contributed by atoms with Crippen molar-refractivity contribution in [2.75, 3.05) is 4.90 Å². The zero-order chi connectivity index (χ0) is 13.4. The highest BCUT2D eigenvalue weighted by Gasteiger charge is 2.22. The van der Waals surface area contributed by atoms with Gasteiger partial charge in [-0.2, -0.15) is 4.37 Å². The Kier molecular flexibility index (Phi) is 3.57. The topological polar surface area (TPSA) is 53.4 Å². The number of rotatable bonds is 3. The summed E-state index contributed by atoms with van der Waals surface area (Å²) in [5, 5.41) is 14.0. The molecule has 3 heterocycles. The predicted octanol–water partition coefficient (Wildman–Crippen LogP) is 4.87. The smallest absolute Gasteiger partial charge is 0.412 e. The minimum atomic E-state index is -0.955. The van der Waals surface area contributed by atoms with Crippen molar-refractivity contribution in [3.63, 3.8) is 0 Å². The van der Waals surface area contributed by atoms with E-state index in [0.717, 1.165) is 19.6 Å². The molecule has 1 N–H and O–H groups in total. The maximum atomic E-state index is 11.5. The van der Waals surface area contributed by atoms with Gasteiger partial charge in [0.2, 0.25) is 0 Å². The van der Waals surface area contributed by atoms with Crippen LogP contribution in [0, 0.1) is 0 Å². The van der Waals surface area contributed by atoms with Gasteiger partial charge >= 0.3 is 6.09 Å². The van der Waals surface area contributed by atoms with Crippen LogP contribution in [0.5, 0.6) is 0 Å². The fourth-order valence-electron chi connectivity index (χ4n) is 1.65. The minimum absolute atomic E-state index is 0.361. The molecule has 1 amide bonds. The van der Waals surface area contributed by atoms with Crippen molar-refractivity contribution in [1.29, 1.82) is 0 Å². The van der Waals surface area contributed by atoms with E-state index in [0.29, 0.717) is 11.5 Å². The number of halogens is 1. The molecule has 0 fully saturated rings. The van der Waals surface area contributed by atoms with E-state index in [1.807, 2.05) is 22.9 Å². The van der Waals surface area contributed by atoms with Crippen molar-refractivity contribution in [1.82, 2.24) is 4.37 Å². The Morgan fingerprint density at radius 3 is 3.00 bits per heavy atom. The first-order chi connectivity index (χ1) is 9.16. The van der Waals surface area contributed by atoms with Gasteiger partial charge in [-0.15, -0.1) is 22.7 Å². The first-order valence-electron chi connectivity index (χ1n) is 5.22. The standard InChI is InChI=1S/C11H7BrN2O2S3/c12-7-5-18-9-8(7)13-19-10(9)14(11(15)16)4-6-2-1-3-17-6/h1-3,5H,4H2,(H,15,16). The zero-order valence-electron chi connectivity index (χ0n) is 9.37. The first kappa shape index (κ1) is 13.0. The van der Waals surface area contributed by atoms with Crippen LogP contribution in [0.4, 0.5) is 9.80 Å². The van der Waals surface area contributed by atoms with Crippen LogP contribution >= 0.6 is 50.1 Å². The van der Waals surface area contributed by atoms with Crippen LogP contribution in [-0.2, 0) is 6.54 Å². The molecule has 4 nitrogen and oxygen atoms in total. The highest BCUT2D eigenvalue weighted by molar-refractivity contribution is 9.10. The SMILES string of the molecule is O=C(O)N(Cc1cccs1)c1snc2c(Br)csc12. The first-order valence-corrected chi connectivity index (χ1v) is 8.54. The molecule has 3 aromatic heterocycles. The van der Waals surface area contributed by atoms with Crippen molar-refractivity contribution in [2.24, 2.45) is 0 Å². The normalized spacial score (nSPS) is 11.0. The molecular weight excluding hydrogens is 368 g/mol. The second-order valence-corrected chi connectivity index (χ2v) is 7.22. The molecule has 3 aromatic rings. The summed E-state index contributed by atoms with van der Waals surface area (Å²) in [5.41, 5.74) is 0.836. The predicted molar refractivity (Wildman–Crippen MR) is 83.7 cm³/mol. The van der Waals surface area contributed by atoms with Crippen molar-refractivity contribution in [2.45, 2.75) is 6.54 Å². The maximum Gasteiger partial charge on any atom is 0.412 e. The van der Waals surface area contributed by atoms with Gasteiger partial charge in [-0.3, -0.25) is 4.90 Å². The van der Waals surface area contributed by atoms with E-state index in [9.17, 15) is 9.90 Å². The van der Waals surface area contributed by atoms with Crippen LogP contribution in [-0.4, -0.2) is 15.6 Å². The van der Waals surface area contributed by atoms with Crippen LogP contribution in [0.25, 0.3) is 10.2 Å². The van der Waals surface area contributed by atoms with Crippen LogP contribution in [0.2, 0.25) is 0 Å². The molecule has 19 heavy (non-hydrogen) atoms. The van der Waals surface area contributed by atoms with E-state index in [2.05, 4.69) is 20.3 Å². The third kappa shape index (κ3) is 2.40. The van der Waals surface area contributed by atoms with Gasteiger partial charge in [-0.05, 0) is 38.9 Å². The average Bonchev–Trinajstić information content (AvgIpc) is 3.06. The van der Waals surface area contributed by atoms with Gasteiger partial charge in [0.1, 0.15) is 10.5 Å². The molecule has 0 bridgehead atoms. The Morgan fingerprint density at radius 2 is 2.32 bits per heavy atom. The second kappa shape index (κ2) is 5.20. The summed E-state index contributed by atoms with van der Waals surface area (Å²) in [4.78, 5) is 13.8. The number of hydrogen-bond donors (Lipinski definition) is 1. The van der Waals surface area contributed by atoms with Gasteiger partial charge in [-0.1, -0.05) is 6.07 Å². The molecule has 0 saturated carbocycles. The lowest BCUT2D eigenvalue weighted by Crippen LogP contribution is -2.27. The number of carbonyl (C=O) groups is 1. The zero-order valence-corrected chi connectivity index (χ0v) is 13.4. The van der Waals surface area contributed by atoms with Crippen molar-refractivity contribution in [3.05, 3.63) is 32.2 Å². The van der Waals surface area contributed by atoms with Crippen molar-refractivity contribution >= 4 is 71.4 Å². The quantitative estimate of drug-likeness (QED) is 0.711. The number of fused-ring (bicyclic) bond motifs is 1. The van der Waals surface area contributed by atoms with Crippen LogP contribution in [0.15, 0.2) is 27.4 Å². The van der Waals surface area contributed by atoms with Crippen LogP contribution < -0.4 is 4.90 Å². The molecular formula is C11H7BrN2O2S3. The van der Waals surface area contributed by atoms with E-state index >= 15 is 0 Å². The second-order valence-electron chi connectivity index (χ2n) is 3.70. The number of carboxylic acid groups (broad SMARTS) is 1. The Morgan fingerprint density at radius 1 is 1.47 bits per heavy atom.